The summed E-state index contributed by atoms with van der Waals surface area (Å²) in [5.74, 6) is 0.354. The Labute approximate surface area is 198 Å². The molecule has 0 bridgehead atoms. The molecule has 1 fully saturated rings. The van der Waals surface area contributed by atoms with Crippen LogP contribution in [0.25, 0.3) is 5.76 Å². The minimum absolute atomic E-state index is 0.00818. The Hall–Kier alpha value is -3.72. The molecule has 1 unspecified atom stereocenters. The highest BCUT2D eigenvalue weighted by atomic mass is 16.7. The van der Waals surface area contributed by atoms with E-state index in [2.05, 4.69) is 0 Å². The Morgan fingerprint density at radius 2 is 1.88 bits per heavy atom. The zero-order valence-corrected chi connectivity index (χ0v) is 19.7. The predicted molar refractivity (Wildman–Crippen MR) is 124 cm³/mol. The lowest BCUT2D eigenvalue weighted by Crippen LogP contribution is -2.35. The smallest absolute Gasteiger partial charge is 0.295 e. The van der Waals surface area contributed by atoms with Crippen LogP contribution in [-0.2, 0) is 9.59 Å². The van der Waals surface area contributed by atoms with E-state index in [9.17, 15) is 14.7 Å². The van der Waals surface area contributed by atoms with E-state index in [-0.39, 0.29) is 18.1 Å². The van der Waals surface area contributed by atoms with Crippen LogP contribution < -0.4 is 18.9 Å². The van der Waals surface area contributed by atoms with Crippen LogP contribution in [0, 0.1) is 0 Å². The molecule has 2 heterocycles. The van der Waals surface area contributed by atoms with Gasteiger partial charge < -0.3 is 33.9 Å². The number of carbonyl (C=O) groups is 2. The molecule has 1 N–H and O–H groups in total. The Morgan fingerprint density at radius 3 is 2.59 bits per heavy atom. The summed E-state index contributed by atoms with van der Waals surface area (Å²) in [5.41, 5.74) is 0.993. The second-order valence-electron chi connectivity index (χ2n) is 8.21. The number of aliphatic hydroxyl groups is 1. The summed E-state index contributed by atoms with van der Waals surface area (Å²) < 4.78 is 21.8. The van der Waals surface area contributed by atoms with E-state index < -0.39 is 17.7 Å². The van der Waals surface area contributed by atoms with Gasteiger partial charge in [0.2, 0.25) is 6.79 Å². The maximum Gasteiger partial charge on any atom is 0.295 e. The number of Topliss-reactive ketones (excluding diaryl/α,β-unsaturated/α-hetero) is 1. The monoisotopic (exact) mass is 468 g/mol. The molecular formula is C25H28N2O7. The van der Waals surface area contributed by atoms with Crippen LogP contribution in [0.2, 0.25) is 0 Å². The first-order valence-corrected chi connectivity index (χ1v) is 11.0. The summed E-state index contributed by atoms with van der Waals surface area (Å²) in [4.78, 5) is 29.7. The molecular weight excluding hydrogens is 440 g/mol. The Morgan fingerprint density at radius 1 is 1.12 bits per heavy atom. The minimum atomic E-state index is -0.796. The molecule has 2 aliphatic heterocycles. The van der Waals surface area contributed by atoms with E-state index in [1.807, 2.05) is 25.9 Å². The van der Waals surface area contributed by atoms with Crippen molar-refractivity contribution in [3.05, 3.63) is 53.1 Å². The van der Waals surface area contributed by atoms with Crippen molar-refractivity contribution in [3.63, 3.8) is 0 Å². The Kier molecular flexibility index (Phi) is 6.65. The quantitative estimate of drug-likeness (QED) is 0.359. The van der Waals surface area contributed by atoms with Crippen molar-refractivity contribution < 1.29 is 33.6 Å². The van der Waals surface area contributed by atoms with Gasteiger partial charge in [0.05, 0.1) is 25.3 Å². The number of nitrogens with zero attached hydrogens (tertiary/aromatic N) is 2. The predicted octanol–water partition coefficient (Wildman–Crippen LogP) is 2.81. The van der Waals surface area contributed by atoms with E-state index in [4.69, 9.17) is 18.9 Å². The fourth-order valence-electron chi connectivity index (χ4n) is 4.09. The number of rotatable bonds is 8. The molecule has 1 saturated heterocycles. The number of likely N-dealkylation sites (tertiary alicyclic amines) is 1. The van der Waals surface area contributed by atoms with E-state index in [0.717, 1.165) is 0 Å². The average molecular weight is 469 g/mol. The highest BCUT2D eigenvalue weighted by molar-refractivity contribution is 6.46. The van der Waals surface area contributed by atoms with Crippen molar-refractivity contribution in [1.82, 2.24) is 9.80 Å². The molecule has 1 atom stereocenters. The zero-order chi connectivity index (χ0) is 24.4. The number of ether oxygens (including phenoxy) is 4. The van der Waals surface area contributed by atoms with Gasteiger partial charge in [-0.2, -0.15) is 0 Å². The molecule has 0 aromatic heterocycles. The third kappa shape index (κ3) is 4.26. The molecule has 0 spiro atoms. The maximum atomic E-state index is 13.2. The molecule has 34 heavy (non-hydrogen) atoms. The van der Waals surface area contributed by atoms with Gasteiger partial charge in [-0.3, -0.25) is 9.59 Å². The number of hydrogen-bond acceptors (Lipinski definition) is 8. The van der Waals surface area contributed by atoms with Gasteiger partial charge in [0, 0.05) is 18.7 Å². The highest BCUT2D eigenvalue weighted by Crippen LogP contribution is 2.43. The molecule has 2 aliphatic rings. The Bertz CT molecular complexity index is 1140. The van der Waals surface area contributed by atoms with Crippen LogP contribution in [0.4, 0.5) is 0 Å². The van der Waals surface area contributed by atoms with Crippen molar-refractivity contribution in [2.75, 3.05) is 47.7 Å². The molecule has 0 aliphatic carbocycles. The number of likely N-dealkylation sites (N-methyl/N-ethyl adjacent to an activating group) is 1. The van der Waals surface area contributed by atoms with Crippen LogP contribution in [0.5, 0.6) is 23.0 Å². The van der Waals surface area contributed by atoms with E-state index in [0.29, 0.717) is 53.8 Å². The normalized spacial score (nSPS) is 18.6. The third-order valence-electron chi connectivity index (χ3n) is 5.78. The van der Waals surface area contributed by atoms with Crippen LogP contribution in [0.1, 0.15) is 24.1 Å². The SMILES string of the molecule is CCOc1ccc(C2C(=C(O)c3ccc4c(c3)OCO4)C(=O)C(=O)N2CCN(C)C)cc1OC. The topological polar surface area (TPSA) is 97.8 Å². The summed E-state index contributed by atoms with van der Waals surface area (Å²) in [7, 11) is 5.30. The molecule has 4 rings (SSSR count). The molecule has 0 saturated carbocycles. The van der Waals surface area contributed by atoms with E-state index in [1.54, 1.807) is 36.4 Å². The molecule has 0 radical (unpaired) electrons. The molecule has 9 heteroatoms. The highest BCUT2D eigenvalue weighted by Gasteiger charge is 2.46. The number of methoxy groups -OCH3 is 1. The number of fused-ring (bicyclic) bond motifs is 1. The molecule has 9 nitrogen and oxygen atoms in total. The summed E-state index contributed by atoms with van der Waals surface area (Å²) >= 11 is 0. The first-order valence-electron chi connectivity index (χ1n) is 11.0. The van der Waals surface area contributed by atoms with Crippen molar-refractivity contribution in [1.29, 1.82) is 0 Å². The van der Waals surface area contributed by atoms with Gasteiger partial charge in [-0.1, -0.05) is 6.07 Å². The fraction of sp³-hybridized carbons (Fsp3) is 0.360. The number of amides is 1. The van der Waals surface area contributed by atoms with Crippen LogP contribution >= 0.6 is 0 Å². The van der Waals surface area contributed by atoms with E-state index >= 15 is 0 Å². The largest absolute Gasteiger partial charge is 0.507 e. The van der Waals surface area contributed by atoms with Gasteiger partial charge in [-0.25, -0.2) is 0 Å². The lowest BCUT2D eigenvalue weighted by molar-refractivity contribution is -0.140. The summed E-state index contributed by atoms with van der Waals surface area (Å²) in [6.45, 7) is 3.26. The summed E-state index contributed by atoms with van der Waals surface area (Å²) in [6, 6.07) is 9.34. The minimum Gasteiger partial charge on any atom is -0.507 e. The molecule has 2 aromatic carbocycles. The zero-order valence-electron chi connectivity index (χ0n) is 19.7. The van der Waals surface area contributed by atoms with Gasteiger partial charge >= 0.3 is 0 Å². The van der Waals surface area contributed by atoms with Gasteiger partial charge in [0.15, 0.2) is 23.0 Å². The molecule has 1 amide bonds. The van der Waals surface area contributed by atoms with Crippen molar-refractivity contribution in [3.8, 4) is 23.0 Å². The van der Waals surface area contributed by atoms with Crippen LogP contribution in [0.15, 0.2) is 42.0 Å². The van der Waals surface area contributed by atoms with Crippen molar-refractivity contribution in [2.24, 2.45) is 0 Å². The van der Waals surface area contributed by atoms with Gasteiger partial charge in [-0.15, -0.1) is 0 Å². The van der Waals surface area contributed by atoms with Crippen LogP contribution in [-0.4, -0.2) is 74.3 Å². The second-order valence-corrected chi connectivity index (χ2v) is 8.21. The first kappa shape index (κ1) is 23.4. The van der Waals surface area contributed by atoms with Crippen LogP contribution in [0.3, 0.4) is 0 Å². The fourth-order valence-corrected chi connectivity index (χ4v) is 4.09. The third-order valence-corrected chi connectivity index (χ3v) is 5.78. The lowest BCUT2D eigenvalue weighted by Gasteiger charge is -2.27. The molecule has 2 aromatic rings. The first-order chi connectivity index (χ1) is 16.3. The van der Waals surface area contributed by atoms with Gasteiger partial charge in [0.1, 0.15) is 5.76 Å². The van der Waals surface area contributed by atoms with E-state index in [1.165, 1.54) is 12.0 Å². The standard InChI is InChI=1S/C25H28N2O7/c1-5-32-17-8-6-15(12-19(17)31-4)22-21(24(29)25(30)27(22)11-10-26(2)3)23(28)16-7-9-18-20(13-16)34-14-33-18/h6-9,12-13,22,28H,5,10-11,14H2,1-4H3. The van der Waals surface area contributed by atoms with Gasteiger partial charge in [-0.05, 0) is 56.9 Å². The number of carbonyl (C=O) groups excluding carboxylic acids is 2. The lowest BCUT2D eigenvalue weighted by atomic mass is 9.95. The molecule has 180 valence electrons. The van der Waals surface area contributed by atoms with Crippen molar-refractivity contribution in [2.45, 2.75) is 13.0 Å². The van der Waals surface area contributed by atoms with Gasteiger partial charge in [0.25, 0.3) is 11.7 Å². The number of hydrogen-bond donors (Lipinski definition) is 1. The second kappa shape index (κ2) is 9.64. The summed E-state index contributed by atoms with van der Waals surface area (Å²) in [5, 5.41) is 11.2. The number of aliphatic hydroxyl groups excluding tert-OH is 1. The number of ketones is 1. The maximum absolute atomic E-state index is 13.2. The Balaban J connectivity index is 1.84. The summed E-state index contributed by atoms with van der Waals surface area (Å²) in [6.07, 6.45) is 0. The number of benzene rings is 2. The van der Waals surface area contributed by atoms with Crippen molar-refractivity contribution >= 4 is 17.4 Å². The average Bonchev–Trinajstić information content (AvgIpc) is 3.40.